The van der Waals surface area contributed by atoms with Crippen molar-refractivity contribution in [2.45, 2.75) is 64.7 Å². The van der Waals surface area contributed by atoms with Gasteiger partial charge in [-0.3, -0.25) is 19.3 Å². The summed E-state index contributed by atoms with van der Waals surface area (Å²) >= 11 is 12.0. The maximum atomic E-state index is 14.4. The molecule has 1 aliphatic carbocycles. The van der Waals surface area contributed by atoms with Crippen LogP contribution in [0.5, 0.6) is 0 Å². The fourth-order valence-electron chi connectivity index (χ4n) is 5.00. The summed E-state index contributed by atoms with van der Waals surface area (Å²) in [6.45, 7) is 0.892. The van der Waals surface area contributed by atoms with Crippen molar-refractivity contribution in [2.75, 3.05) is 13.1 Å². The first kappa shape index (κ1) is 33.1. The normalized spacial score (nSPS) is 20.4. The first-order chi connectivity index (χ1) is 18.8. The van der Waals surface area contributed by atoms with E-state index in [1.54, 1.807) is 6.92 Å². The van der Waals surface area contributed by atoms with Crippen LogP contribution in [0.15, 0.2) is 18.6 Å². The third-order valence-corrected chi connectivity index (χ3v) is 7.91. The Bertz CT molecular complexity index is 1260. The SMILES string of the molecule is C[C@H]1C[C@@H](n2ncc(C(=O)N(CC(=O)c3c(Cl)cncc3Cl)CC(C)(C)C(F)(F)F)c2C(F)(F)F)CCC1C(O)O. The van der Waals surface area contributed by atoms with E-state index in [0.717, 1.165) is 26.2 Å². The summed E-state index contributed by atoms with van der Waals surface area (Å²) in [4.78, 5) is 30.7. The number of carbonyl (C=O) groups excluding carboxylic acids is 2. The van der Waals surface area contributed by atoms with Gasteiger partial charge in [-0.05, 0) is 39.0 Å². The Morgan fingerprint density at radius 2 is 1.66 bits per heavy atom. The van der Waals surface area contributed by atoms with Gasteiger partial charge in [0.05, 0.1) is 45.4 Å². The number of halogens is 8. The average Bonchev–Trinajstić information content (AvgIpc) is 3.28. The van der Waals surface area contributed by atoms with Gasteiger partial charge in [-0.15, -0.1) is 0 Å². The summed E-state index contributed by atoms with van der Waals surface area (Å²) in [6, 6.07) is -0.880. The van der Waals surface area contributed by atoms with Crippen molar-refractivity contribution >= 4 is 34.9 Å². The van der Waals surface area contributed by atoms with Crippen LogP contribution >= 0.6 is 23.2 Å². The maximum absolute atomic E-state index is 14.4. The fourth-order valence-corrected chi connectivity index (χ4v) is 5.58. The highest BCUT2D eigenvalue weighted by Gasteiger charge is 2.50. The summed E-state index contributed by atoms with van der Waals surface area (Å²) in [5.74, 6) is -3.49. The lowest BCUT2D eigenvalue weighted by Crippen LogP contribution is -2.48. The second-order valence-corrected chi connectivity index (χ2v) is 11.6. The molecule has 0 aromatic carbocycles. The molecule has 2 aromatic rings. The quantitative estimate of drug-likeness (QED) is 0.216. The van der Waals surface area contributed by atoms with Gasteiger partial charge in [-0.2, -0.15) is 31.4 Å². The minimum Gasteiger partial charge on any atom is -0.368 e. The van der Waals surface area contributed by atoms with Gasteiger partial charge in [0.1, 0.15) is 0 Å². The number of hydrogen-bond acceptors (Lipinski definition) is 6. The lowest BCUT2D eigenvalue weighted by molar-refractivity contribution is -0.214. The van der Waals surface area contributed by atoms with Crippen molar-refractivity contribution in [3.63, 3.8) is 0 Å². The van der Waals surface area contributed by atoms with Crippen LogP contribution < -0.4 is 0 Å². The van der Waals surface area contributed by atoms with Gasteiger partial charge in [0.2, 0.25) is 0 Å². The standard InChI is InChI=1S/C25H28Cl2F6N4O4/c1-12-6-13(4-5-14(12)22(40)41)37-20(24(28,29)30)15(7-35-37)21(39)36(11-23(2,3)25(31,32)33)10-18(38)19-16(26)8-34-9-17(19)27/h7-9,12-14,22,40-41H,4-6,10-11H2,1-3H3/t12-,13-,14?/m0/s1. The van der Waals surface area contributed by atoms with Crippen LogP contribution in [-0.2, 0) is 6.18 Å². The molecule has 0 spiro atoms. The van der Waals surface area contributed by atoms with Crippen molar-refractivity contribution in [3.05, 3.63) is 45.5 Å². The summed E-state index contributed by atoms with van der Waals surface area (Å²) in [6.07, 6.45) is -8.67. The Hall–Kier alpha value is -2.42. The number of alkyl halides is 6. The van der Waals surface area contributed by atoms with Crippen LogP contribution in [0, 0.1) is 17.3 Å². The topological polar surface area (TPSA) is 109 Å². The van der Waals surface area contributed by atoms with E-state index < -0.39 is 78.0 Å². The van der Waals surface area contributed by atoms with Crippen LogP contribution in [0.2, 0.25) is 10.0 Å². The zero-order valence-corrected chi connectivity index (χ0v) is 23.6. The second kappa shape index (κ2) is 12.1. The second-order valence-electron chi connectivity index (χ2n) is 10.8. The Kier molecular flexibility index (Phi) is 9.73. The van der Waals surface area contributed by atoms with Crippen molar-refractivity contribution in [2.24, 2.45) is 17.3 Å². The van der Waals surface area contributed by atoms with Crippen LogP contribution in [0.4, 0.5) is 26.3 Å². The Labute approximate surface area is 241 Å². The van der Waals surface area contributed by atoms with Crippen molar-refractivity contribution in [1.82, 2.24) is 19.7 Å². The van der Waals surface area contributed by atoms with Gasteiger partial charge in [-0.25, -0.2) is 0 Å². The van der Waals surface area contributed by atoms with Gasteiger partial charge in [0, 0.05) is 24.9 Å². The van der Waals surface area contributed by atoms with Crippen LogP contribution in [0.25, 0.3) is 0 Å². The van der Waals surface area contributed by atoms with Gasteiger partial charge in [0.15, 0.2) is 17.8 Å². The molecule has 0 radical (unpaired) electrons. The smallest absolute Gasteiger partial charge is 0.368 e. The molecule has 1 amide bonds. The molecule has 0 aliphatic heterocycles. The molecule has 1 aliphatic rings. The number of nitrogens with zero attached hydrogens (tertiary/aromatic N) is 4. The molecule has 3 rings (SSSR count). The molecule has 0 saturated heterocycles. The fraction of sp³-hybridized carbons (Fsp3) is 0.600. The number of aliphatic hydroxyl groups excluding tert-OH is 1. The van der Waals surface area contributed by atoms with Crippen molar-refractivity contribution in [1.29, 1.82) is 0 Å². The van der Waals surface area contributed by atoms with E-state index in [0.29, 0.717) is 15.8 Å². The molecule has 2 aromatic heterocycles. The number of ketones is 1. The van der Waals surface area contributed by atoms with E-state index in [1.807, 2.05) is 0 Å². The molecule has 41 heavy (non-hydrogen) atoms. The Morgan fingerprint density at radius 3 is 2.15 bits per heavy atom. The number of aliphatic hydroxyl groups is 2. The lowest BCUT2D eigenvalue weighted by Gasteiger charge is -2.36. The van der Waals surface area contributed by atoms with Crippen LogP contribution in [0.1, 0.15) is 72.5 Å². The highest BCUT2D eigenvalue weighted by Crippen LogP contribution is 2.43. The molecule has 2 heterocycles. The summed E-state index contributed by atoms with van der Waals surface area (Å²) in [5.41, 5.74) is -5.49. The molecule has 228 valence electrons. The van der Waals surface area contributed by atoms with E-state index in [-0.39, 0.29) is 34.9 Å². The van der Waals surface area contributed by atoms with Crippen LogP contribution in [-0.4, -0.2) is 67.1 Å². The largest absolute Gasteiger partial charge is 0.433 e. The van der Waals surface area contributed by atoms with Crippen LogP contribution in [0.3, 0.4) is 0 Å². The third kappa shape index (κ3) is 7.15. The highest BCUT2D eigenvalue weighted by atomic mass is 35.5. The van der Waals surface area contributed by atoms with Crippen molar-refractivity contribution in [3.8, 4) is 0 Å². The Morgan fingerprint density at radius 1 is 1.07 bits per heavy atom. The van der Waals surface area contributed by atoms with E-state index >= 15 is 0 Å². The summed E-state index contributed by atoms with van der Waals surface area (Å²) in [7, 11) is 0. The zero-order chi connectivity index (χ0) is 31.1. The lowest BCUT2D eigenvalue weighted by atomic mass is 9.77. The number of rotatable bonds is 8. The molecule has 1 fully saturated rings. The highest BCUT2D eigenvalue weighted by molar-refractivity contribution is 6.39. The number of hydrogen-bond donors (Lipinski definition) is 2. The van der Waals surface area contributed by atoms with Gasteiger partial charge < -0.3 is 15.1 Å². The van der Waals surface area contributed by atoms with E-state index in [1.165, 1.54) is 0 Å². The predicted molar refractivity (Wildman–Crippen MR) is 135 cm³/mol. The maximum Gasteiger partial charge on any atom is 0.433 e. The molecule has 0 bridgehead atoms. The molecule has 3 atom stereocenters. The molecular weight excluding hydrogens is 605 g/mol. The number of Topliss-reactive ketones (excluding diaryl/α,β-unsaturated/α-hetero) is 1. The number of aromatic nitrogens is 3. The minimum absolute atomic E-state index is 0.0724. The molecule has 1 saturated carbocycles. The first-order valence-corrected chi connectivity index (χ1v) is 13.2. The zero-order valence-electron chi connectivity index (χ0n) is 22.1. The molecular formula is C25H28Cl2F6N4O4. The molecule has 2 N–H and O–H groups in total. The Balaban J connectivity index is 2.05. The molecule has 16 heteroatoms. The van der Waals surface area contributed by atoms with Gasteiger partial charge in [0.25, 0.3) is 5.91 Å². The average molecular weight is 633 g/mol. The third-order valence-electron chi connectivity index (χ3n) is 7.34. The minimum atomic E-state index is -5.15. The first-order valence-electron chi connectivity index (χ1n) is 12.4. The number of carbonyl (C=O) groups is 2. The number of pyridine rings is 1. The van der Waals surface area contributed by atoms with Gasteiger partial charge in [-0.1, -0.05) is 30.1 Å². The van der Waals surface area contributed by atoms with E-state index in [9.17, 15) is 46.1 Å². The molecule has 1 unspecified atom stereocenters. The van der Waals surface area contributed by atoms with Gasteiger partial charge >= 0.3 is 12.4 Å². The summed E-state index contributed by atoms with van der Waals surface area (Å²) < 4.78 is 85.1. The van der Waals surface area contributed by atoms with E-state index in [4.69, 9.17) is 23.2 Å². The predicted octanol–water partition coefficient (Wildman–Crippen LogP) is 5.81. The van der Waals surface area contributed by atoms with E-state index in [2.05, 4.69) is 10.1 Å². The molecule has 8 nitrogen and oxygen atoms in total. The number of amides is 1. The summed E-state index contributed by atoms with van der Waals surface area (Å²) in [5, 5.41) is 22.4. The van der Waals surface area contributed by atoms with Crippen molar-refractivity contribution < 1.29 is 46.1 Å². The monoisotopic (exact) mass is 632 g/mol.